The van der Waals surface area contributed by atoms with E-state index < -0.39 is 18.4 Å². The van der Waals surface area contributed by atoms with Crippen molar-refractivity contribution in [3.05, 3.63) is 53.8 Å². The zero-order valence-corrected chi connectivity index (χ0v) is 15.4. The average molecular weight is 389 g/mol. The van der Waals surface area contributed by atoms with Gasteiger partial charge in [0, 0.05) is 13.6 Å². The Morgan fingerprint density at radius 2 is 1.75 bits per heavy atom. The van der Waals surface area contributed by atoms with Crippen molar-refractivity contribution in [1.29, 1.82) is 0 Å². The molecule has 8 heteroatoms. The summed E-state index contributed by atoms with van der Waals surface area (Å²) in [6.45, 7) is 0.568. The van der Waals surface area contributed by atoms with Crippen LogP contribution in [0.2, 0.25) is 0 Å². The van der Waals surface area contributed by atoms with E-state index in [1.165, 1.54) is 29.2 Å². The molecule has 0 saturated carbocycles. The highest BCUT2D eigenvalue weighted by Crippen LogP contribution is 2.31. The third-order valence-electron chi connectivity index (χ3n) is 3.98. The molecule has 1 aliphatic heterocycles. The van der Waals surface area contributed by atoms with Gasteiger partial charge < -0.3 is 23.8 Å². The second-order valence-electron chi connectivity index (χ2n) is 6.13. The third kappa shape index (κ3) is 5.35. The Morgan fingerprint density at radius 1 is 1.04 bits per heavy atom. The summed E-state index contributed by atoms with van der Waals surface area (Å²) in [7, 11) is 1.61. The van der Waals surface area contributed by atoms with Crippen LogP contribution in [0, 0.1) is 5.82 Å². The van der Waals surface area contributed by atoms with Crippen LogP contribution >= 0.6 is 0 Å². The summed E-state index contributed by atoms with van der Waals surface area (Å²) in [6, 6.07) is 10.7. The van der Waals surface area contributed by atoms with Crippen molar-refractivity contribution in [2.75, 3.05) is 33.5 Å². The number of carbonyl (C=O) groups excluding carboxylic acids is 2. The molecule has 0 atom stereocenters. The van der Waals surface area contributed by atoms with Crippen LogP contribution in [0.3, 0.4) is 0 Å². The zero-order chi connectivity index (χ0) is 19.9. The molecule has 0 aliphatic carbocycles. The monoisotopic (exact) mass is 389 g/mol. The van der Waals surface area contributed by atoms with E-state index in [1.807, 2.05) is 12.1 Å². The number of hydrogen-bond donors (Lipinski definition) is 0. The lowest BCUT2D eigenvalue weighted by Gasteiger charge is -2.21. The van der Waals surface area contributed by atoms with Crippen LogP contribution in [0.25, 0.3) is 0 Å². The molecule has 0 bridgehead atoms. The predicted molar refractivity (Wildman–Crippen MR) is 96.8 cm³/mol. The summed E-state index contributed by atoms with van der Waals surface area (Å²) in [6.07, 6.45) is 0. The molecule has 0 fully saturated rings. The highest BCUT2D eigenvalue weighted by atomic mass is 19.1. The van der Waals surface area contributed by atoms with Gasteiger partial charge in [0.25, 0.3) is 5.91 Å². The number of esters is 1. The molecule has 0 N–H and O–H groups in total. The Kier molecular flexibility index (Phi) is 6.31. The molecule has 2 aromatic rings. The molecule has 28 heavy (non-hydrogen) atoms. The maximum atomic E-state index is 12.8. The molecule has 0 spiro atoms. The van der Waals surface area contributed by atoms with E-state index in [4.69, 9.17) is 18.9 Å². The summed E-state index contributed by atoms with van der Waals surface area (Å²) in [4.78, 5) is 25.3. The van der Waals surface area contributed by atoms with Gasteiger partial charge in [-0.05, 0) is 42.0 Å². The third-order valence-corrected chi connectivity index (χ3v) is 3.98. The zero-order valence-electron chi connectivity index (χ0n) is 15.4. The van der Waals surface area contributed by atoms with E-state index in [0.717, 1.165) is 5.56 Å². The highest BCUT2D eigenvalue weighted by molar-refractivity contribution is 5.80. The fourth-order valence-corrected chi connectivity index (χ4v) is 2.52. The summed E-state index contributed by atoms with van der Waals surface area (Å²) >= 11 is 0. The topological polar surface area (TPSA) is 74.3 Å². The minimum absolute atomic E-state index is 0.332. The van der Waals surface area contributed by atoms with Crippen molar-refractivity contribution in [1.82, 2.24) is 4.90 Å². The number of fused-ring (bicyclic) bond motifs is 1. The minimum Gasteiger partial charge on any atom is -0.486 e. The molecule has 7 nitrogen and oxygen atoms in total. The van der Waals surface area contributed by atoms with E-state index in [0.29, 0.717) is 37.0 Å². The number of ether oxygens (including phenoxy) is 4. The molecule has 0 aromatic heterocycles. The molecule has 2 aromatic carbocycles. The number of rotatable bonds is 7. The average Bonchev–Trinajstić information content (AvgIpc) is 2.71. The molecule has 1 heterocycles. The van der Waals surface area contributed by atoms with Crippen molar-refractivity contribution in [3.63, 3.8) is 0 Å². The van der Waals surface area contributed by atoms with E-state index in [1.54, 1.807) is 13.1 Å². The lowest BCUT2D eigenvalue weighted by molar-refractivity contribution is -0.153. The predicted octanol–water partition coefficient (Wildman–Crippen LogP) is 2.18. The van der Waals surface area contributed by atoms with Crippen molar-refractivity contribution in [2.24, 2.45) is 0 Å². The minimum atomic E-state index is -0.689. The first-order chi connectivity index (χ1) is 13.5. The van der Waals surface area contributed by atoms with E-state index in [9.17, 15) is 14.0 Å². The largest absolute Gasteiger partial charge is 0.486 e. The van der Waals surface area contributed by atoms with Crippen LogP contribution in [-0.2, 0) is 20.9 Å². The molecule has 0 unspecified atom stereocenters. The summed E-state index contributed by atoms with van der Waals surface area (Å²) in [5, 5.41) is 0. The number of amides is 1. The Morgan fingerprint density at radius 3 is 2.50 bits per heavy atom. The maximum Gasteiger partial charge on any atom is 0.344 e. The number of halogens is 1. The fourth-order valence-electron chi connectivity index (χ4n) is 2.52. The van der Waals surface area contributed by atoms with Crippen LogP contribution in [-0.4, -0.2) is 50.3 Å². The van der Waals surface area contributed by atoms with Crippen LogP contribution in [0.1, 0.15) is 5.56 Å². The molecular formula is C20H20FNO6. The Labute approximate surface area is 161 Å². The SMILES string of the molecule is CN(Cc1ccc2c(c1)OCCO2)C(=O)COC(=O)COc1ccc(F)cc1. The van der Waals surface area contributed by atoms with E-state index >= 15 is 0 Å². The van der Waals surface area contributed by atoms with Crippen molar-refractivity contribution < 1.29 is 32.9 Å². The Hall–Kier alpha value is -3.29. The first kappa shape index (κ1) is 19.5. The Balaban J connectivity index is 1.42. The van der Waals surface area contributed by atoms with E-state index in [-0.39, 0.29) is 12.5 Å². The van der Waals surface area contributed by atoms with Crippen molar-refractivity contribution in [2.45, 2.75) is 6.54 Å². The van der Waals surface area contributed by atoms with Gasteiger partial charge in [-0.3, -0.25) is 4.79 Å². The second kappa shape index (κ2) is 9.07. The van der Waals surface area contributed by atoms with Gasteiger partial charge in [0.2, 0.25) is 0 Å². The van der Waals surface area contributed by atoms with Crippen LogP contribution in [0.4, 0.5) is 4.39 Å². The summed E-state index contributed by atoms with van der Waals surface area (Å²) in [5.74, 6) is 0.213. The molecule has 0 radical (unpaired) electrons. The van der Waals surface area contributed by atoms with Gasteiger partial charge in [0.15, 0.2) is 24.7 Å². The molecule has 148 valence electrons. The first-order valence-electron chi connectivity index (χ1n) is 8.68. The maximum absolute atomic E-state index is 12.8. The summed E-state index contributed by atoms with van der Waals surface area (Å²) < 4.78 is 33.9. The summed E-state index contributed by atoms with van der Waals surface area (Å²) in [5.41, 5.74) is 0.867. The van der Waals surface area contributed by atoms with Crippen molar-refractivity contribution >= 4 is 11.9 Å². The lowest BCUT2D eigenvalue weighted by Crippen LogP contribution is -2.31. The first-order valence-corrected chi connectivity index (χ1v) is 8.68. The molecule has 1 aliphatic rings. The lowest BCUT2D eigenvalue weighted by atomic mass is 10.2. The van der Waals surface area contributed by atoms with Gasteiger partial charge in [0.05, 0.1) is 0 Å². The number of hydrogen-bond acceptors (Lipinski definition) is 6. The van der Waals surface area contributed by atoms with Gasteiger partial charge in [-0.1, -0.05) is 6.07 Å². The molecule has 3 rings (SSSR count). The van der Waals surface area contributed by atoms with Gasteiger partial charge in [-0.15, -0.1) is 0 Å². The second-order valence-corrected chi connectivity index (χ2v) is 6.13. The Bertz CT molecular complexity index is 839. The van der Waals surface area contributed by atoms with Crippen LogP contribution < -0.4 is 14.2 Å². The fraction of sp³-hybridized carbons (Fsp3) is 0.300. The molecule has 1 amide bonds. The van der Waals surface area contributed by atoms with Gasteiger partial charge >= 0.3 is 5.97 Å². The van der Waals surface area contributed by atoms with E-state index in [2.05, 4.69) is 0 Å². The number of nitrogens with zero attached hydrogens (tertiary/aromatic N) is 1. The molecule has 0 saturated heterocycles. The smallest absolute Gasteiger partial charge is 0.344 e. The molecular weight excluding hydrogens is 369 g/mol. The van der Waals surface area contributed by atoms with Gasteiger partial charge in [-0.25, -0.2) is 9.18 Å². The quantitative estimate of drug-likeness (QED) is 0.676. The normalized spacial score (nSPS) is 12.2. The van der Waals surface area contributed by atoms with Crippen LogP contribution in [0.5, 0.6) is 17.2 Å². The standard InChI is InChI=1S/C20H20FNO6/c1-22(11-14-2-7-17-18(10-14)26-9-8-25-17)19(23)12-28-20(24)13-27-16-5-3-15(21)4-6-16/h2-7,10H,8-9,11-13H2,1H3. The van der Waals surface area contributed by atoms with Crippen LogP contribution in [0.15, 0.2) is 42.5 Å². The van der Waals surface area contributed by atoms with Crippen molar-refractivity contribution in [3.8, 4) is 17.2 Å². The number of carbonyl (C=O) groups is 2. The van der Waals surface area contributed by atoms with Gasteiger partial charge in [-0.2, -0.15) is 0 Å². The highest BCUT2D eigenvalue weighted by Gasteiger charge is 2.16. The number of benzene rings is 2. The van der Waals surface area contributed by atoms with Gasteiger partial charge in [0.1, 0.15) is 24.8 Å². The number of likely N-dealkylation sites (N-methyl/N-ethyl adjacent to an activating group) is 1.